The van der Waals surface area contributed by atoms with Gasteiger partial charge in [0.25, 0.3) is 5.91 Å². The van der Waals surface area contributed by atoms with Crippen LogP contribution in [0.5, 0.6) is 5.75 Å². The van der Waals surface area contributed by atoms with Gasteiger partial charge in [-0.25, -0.2) is 4.98 Å². The fraction of sp³-hybridized carbons (Fsp3) is 0.391. The highest BCUT2D eigenvalue weighted by atomic mass is 32.1. The summed E-state index contributed by atoms with van der Waals surface area (Å²) in [4.78, 5) is 19.4. The van der Waals surface area contributed by atoms with Gasteiger partial charge in [-0.3, -0.25) is 15.0 Å². The Bertz CT molecular complexity index is 1000. The van der Waals surface area contributed by atoms with Crippen molar-refractivity contribution in [2.75, 3.05) is 18.4 Å². The van der Waals surface area contributed by atoms with Gasteiger partial charge in [0.05, 0.1) is 17.9 Å². The van der Waals surface area contributed by atoms with Gasteiger partial charge in [-0.1, -0.05) is 17.7 Å². The molecular weight excluding hydrogens is 414 g/mol. The fourth-order valence-electron chi connectivity index (χ4n) is 3.60. The quantitative estimate of drug-likeness (QED) is 0.582. The normalized spacial score (nSPS) is 19.3. The van der Waals surface area contributed by atoms with Gasteiger partial charge < -0.3 is 13.9 Å². The minimum Gasteiger partial charge on any atom is -0.486 e. The van der Waals surface area contributed by atoms with E-state index in [0.29, 0.717) is 10.9 Å². The number of carbonyl (C=O) groups is 1. The Labute approximate surface area is 186 Å². The zero-order valence-electron chi connectivity index (χ0n) is 18.0. The van der Waals surface area contributed by atoms with Crippen LogP contribution in [0.1, 0.15) is 41.4 Å². The largest absolute Gasteiger partial charge is 0.486 e. The second-order valence-corrected chi connectivity index (χ2v) is 8.78. The maximum absolute atomic E-state index is 12.5. The first-order valence-electron chi connectivity index (χ1n) is 10.4. The predicted octanol–water partition coefficient (Wildman–Crippen LogP) is 4.49. The van der Waals surface area contributed by atoms with Crippen molar-refractivity contribution in [3.05, 3.63) is 64.6 Å². The Morgan fingerprint density at radius 1 is 1.19 bits per heavy atom. The molecule has 0 aliphatic carbocycles. The molecule has 0 unspecified atom stereocenters. The Balaban J connectivity index is 1.29. The number of benzene rings is 1. The van der Waals surface area contributed by atoms with Gasteiger partial charge in [0.15, 0.2) is 10.9 Å². The minimum atomic E-state index is -0.323. The molecule has 1 N–H and O–H groups in total. The van der Waals surface area contributed by atoms with Crippen LogP contribution in [-0.4, -0.2) is 41.1 Å². The summed E-state index contributed by atoms with van der Waals surface area (Å²) in [7, 11) is 0. The fourth-order valence-corrected chi connectivity index (χ4v) is 4.30. The number of nitrogens with one attached hydrogen (secondary N) is 1. The molecule has 0 bridgehead atoms. The number of ether oxygens (including phenoxy) is 2. The number of aromatic nitrogens is 1. The van der Waals surface area contributed by atoms with Crippen molar-refractivity contribution in [2.24, 2.45) is 0 Å². The van der Waals surface area contributed by atoms with Crippen molar-refractivity contribution >= 4 is 22.4 Å². The smallest absolute Gasteiger partial charge is 0.293 e. The van der Waals surface area contributed by atoms with Gasteiger partial charge >= 0.3 is 0 Å². The summed E-state index contributed by atoms with van der Waals surface area (Å²) in [6.07, 6.45) is 0.425. The van der Waals surface area contributed by atoms with Crippen molar-refractivity contribution in [1.29, 1.82) is 0 Å². The Morgan fingerprint density at radius 2 is 1.94 bits per heavy atom. The number of nitrogens with zero attached hydrogens (tertiary/aromatic N) is 2. The first kappa shape index (κ1) is 21.5. The molecule has 1 aliphatic heterocycles. The molecule has 0 spiro atoms. The van der Waals surface area contributed by atoms with Crippen LogP contribution in [0.3, 0.4) is 0 Å². The molecular formula is C23H27N3O4S. The van der Waals surface area contributed by atoms with E-state index in [4.69, 9.17) is 13.9 Å². The lowest BCUT2D eigenvalue weighted by molar-refractivity contribution is -0.0707. The van der Waals surface area contributed by atoms with Crippen LogP contribution in [0, 0.1) is 6.92 Å². The van der Waals surface area contributed by atoms with E-state index in [-0.39, 0.29) is 30.5 Å². The summed E-state index contributed by atoms with van der Waals surface area (Å²) >= 11 is 1.41. The molecule has 0 radical (unpaired) electrons. The number of amides is 1. The highest BCUT2D eigenvalue weighted by molar-refractivity contribution is 7.13. The topological polar surface area (TPSA) is 76.8 Å². The number of aryl methyl sites for hydroxylation is 1. The molecule has 1 amide bonds. The Hall–Kier alpha value is -2.68. The number of morpholine rings is 1. The molecule has 4 rings (SSSR count). The third-order valence-electron chi connectivity index (χ3n) is 4.94. The SMILES string of the molecule is Cc1ccc(OCc2ccc(C(=O)Nc3nc(CN4C[C@@H](C)O[C@H](C)C4)cs3)o2)cc1. The molecule has 2 aromatic heterocycles. The van der Waals surface area contributed by atoms with Crippen LogP contribution < -0.4 is 10.1 Å². The molecule has 2 atom stereocenters. The van der Waals surface area contributed by atoms with Crippen molar-refractivity contribution in [3.63, 3.8) is 0 Å². The van der Waals surface area contributed by atoms with Gasteiger partial charge in [-0.05, 0) is 45.0 Å². The van der Waals surface area contributed by atoms with Gasteiger partial charge in [-0.2, -0.15) is 0 Å². The van der Waals surface area contributed by atoms with Crippen molar-refractivity contribution in [3.8, 4) is 5.75 Å². The van der Waals surface area contributed by atoms with Gasteiger partial charge in [0, 0.05) is 25.0 Å². The summed E-state index contributed by atoms with van der Waals surface area (Å²) in [6, 6.07) is 11.2. The predicted molar refractivity (Wildman–Crippen MR) is 120 cm³/mol. The summed E-state index contributed by atoms with van der Waals surface area (Å²) < 4.78 is 17.1. The van der Waals surface area contributed by atoms with Gasteiger partial charge in [0.1, 0.15) is 18.1 Å². The van der Waals surface area contributed by atoms with Gasteiger partial charge in [-0.15, -0.1) is 11.3 Å². The zero-order valence-corrected chi connectivity index (χ0v) is 18.8. The molecule has 31 heavy (non-hydrogen) atoms. The van der Waals surface area contributed by atoms with E-state index < -0.39 is 0 Å². The van der Waals surface area contributed by atoms with E-state index in [9.17, 15) is 4.79 Å². The van der Waals surface area contributed by atoms with E-state index >= 15 is 0 Å². The highest BCUT2D eigenvalue weighted by Crippen LogP contribution is 2.21. The molecule has 164 valence electrons. The Morgan fingerprint density at radius 3 is 2.68 bits per heavy atom. The molecule has 1 fully saturated rings. The van der Waals surface area contributed by atoms with E-state index in [2.05, 4.69) is 29.0 Å². The number of hydrogen-bond donors (Lipinski definition) is 1. The van der Waals surface area contributed by atoms with Crippen LogP contribution in [0.15, 0.2) is 46.2 Å². The van der Waals surface area contributed by atoms with Crippen molar-refractivity contribution < 1.29 is 18.7 Å². The highest BCUT2D eigenvalue weighted by Gasteiger charge is 2.23. The maximum atomic E-state index is 12.5. The zero-order chi connectivity index (χ0) is 21.8. The average molecular weight is 442 g/mol. The van der Waals surface area contributed by atoms with Crippen molar-refractivity contribution in [1.82, 2.24) is 9.88 Å². The van der Waals surface area contributed by atoms with Crippen LogP contribution in [0.2, 0.25) is 0 Å². The van der Waals surface area contributed by atoms with Crippen LogP contribution in [-0.2, 0) is 17.9 Å². The molecule has 1 aromatic carbocycles. The number of carbonyl (C=O) groups excluding carboxylic acids is 1. The van der Waals surface area contributed by atoms with Crippen LogP contribution in [0.25, 0.3) is 0 Å². The lowest BCUT2D eigenvalue weighted by atomic mass is 10.2. The monoisotopic (exact) mass is 441 g/mol. The van der Waals surface area contributed by atoms with Crippen LogP contribution >= 0.6 is 11.3 Å². The summed E-state index contributed by atoms with van der Waals surface area (Å²) in [5.41, 5.74) is 2.11. The van der Waals surface area contributed by atoms with E-state index in [0.717, 1.165) is 31.1 Å². The van der Waals surface area contributed by atoms with E-state index in [1.54, 1.807) is 12.1 Å². The minimum absolute atomic E-state index is 0.213. The lowest BCUT2D eigenvalue weighted by Gasteiger charge is -2.34. The second-order valence-electron chi connectivity index (χ2n) is 7.92. The first-order chi connectivity index (χ1) is 14.9. The second kappa shape index (κ2) is 9.64. The number of rotatable bonds is 7. The van der Waals surface area contributed by atoms with Crippen LogP contribution in [0.4, 0.5) is 5.13 Å². The third kappa shape index (κ3) is 5.94. The molecule has 1 saturated heterocycles. The molecule has 3 heterocycles. The summed E-state index contributed by atoms with van der Waals surface area (Å²) in [6.45, 7) is 8.94. The summed E-state index contributed by atoms with van der Waals surface area (Å²) in [5.74, 6) is 1.25. The Kier molecular flexibility index (Phi) is 6.70. The number of thiazole rings is 1. The molecule has 7 nitrogen and oxygen atoms in total. The van der Waals surface area contributed by atoms with E-state index in [1.807, 2.05) is 36.6 Å². The summed E-state index contributed by atoms with van der Waals surface area (Å²) in [5, 5.41) is 5.35. The van der Waals surface area contributed by atoms with Crippen molar-refractivity contribution in [2.45, 2.75) is 46.1 Å². The lowest BCUT2D eigenvalue weighted by Crippen LogP contribution is -2.44. The number of hydrogen-bond acceptors (Lipinski definition) is 7. The average Bonchev–Trinajstić information content (AvgIpc) is 3.36. The molecule has 0 saturated carbocycles. The number of anilines is 1. The maximum Gasteiger partial charge on any atom is 0.293 e. The standard InChI is InChI=1S/C23H27N3O4S/c1-15-4-6-19(7-5-15)28-13-20-8-9-21(30-20)22(27)25-23-24-18(14-31-23)12-26-10-16(2)29-17(3)11-26/h4-9,14,16-17H,10-13H2,1-3H3,(H,24,25,27)/t16-,17-/m1/s1. The molecule has 3 aromatic rings. The molecule has 8 heteroatoms. The number of furan rings is 1. The van der Waals surface area contributed by atoms with Gasteiger partial charge in [0.2, 0.25) is 0 Å². The molecule has 1 aliphatic rings. The first-order valence-corrected chi connectivity index (χ1v) is 11.2. The van der Waals surface area contributed by atoms with E-state index in [1.165, 1.54) is 16.9 Å². The third-order valence-corrected chi connectivity index (χ3v) is 5.75.